The van der Waals surface area contributed by atoms with Crippen LogP contribution < -0.4 is 0 Å². The molecule has 0 fully saturated rings. The monoisotopic (exact) mass is 562 g/mol. The Morgan fingerprint density at radius 2 is 1.11 bits per heavy atom. The summed E-state index contributed by atoms with van der Waals surface area (Å²) in [5.74, 6) is 0.626. The first kappa shape index (κ1) is 24.6. The van der Waals surface area contributed by atoms with Crippen LogP contribution >= 0.6 is 0 Å². The lowest BCUT2D eigenvalue weighted by Gasteiger charge is -2.08. The van der Waals surface area contributed by atoms with Crippen LogP contribution in [0.5, 0.6) is 0 Å². The Bertz CT molecular complexity index is 2480. The van der Waals surface area contributed by atoms with Gasteiger partial charge in [0.25, 0.3) is 0 Å². The van der Waals surface area contributed by atoms with Crippen LogP contribution in [0.15, 0.2) is 162 Å². The highest BCUT2D eigenvalue weighted by Crippen LogP contribution is 2.38. The third kappa shape index (κ3) is 3.87. The summed E-state index contributed by atoms with van der Waals surface area (Å²) < 4.78 is 8.82. The van der Waals surface area contributed by atoms with Crippen molar-refractivity contribution in [3.05, 3.63) is 158 Å². The maximum Gasteiger partial charge on any atom is 0.227 e. The molecule has 0 amide bonds. The summed E-state index contributed by atoms with van der Waals surface area (Å²) in [6.07, 6.45) is 0. The van der Waals surface area contributed by atoms with Crippen molar-refractivity contribution in [2.24, 2.45) is 0 Å². The third-order valence-corrected chi connectivity index (χ3v) is 8.65. The molecule has 44 heavy (non-hydrogen) atoms. The minimum atomic E-state index is 0.626. The van der Waals surface area contributed by atoms with Gasteiger partial charge in [-0.3, -0.25) is 0 Å². The number of fused-ring (bicyclic) bond motifs is 5. The largest absolute Gasteiger partial charge is 0.435 e. The molecule has 0 N–H and O–H groups in total. The zero-order valence-electron chi connectivity index (χ0n) is 23.8. The maximum absolute atomic E-state index is 6.47. The highest BCUT2D eigenvalue weighted by atomic mass is 16.3. The second-order valence-corrected chi connectivity index (χ2v) is 11.2. The molecule has 2 heterocycles. The number of rotatable bonds is 4. The summed E-state index contributed by atoms with van der Waals surface area (Å²) >= 11 is 0. The molecule has 0 saturated carbocycles. The number of oxazole rings is 1. The van der Waals surface area contributed by atoms with Gasteiger partial charge in [-0.1, -0.05) is 109 Å². The minimum Gasteiger partial charge on any atom is -0.435 e. The summed E-state index contributed by atoms with van der Waals surface area (Å²) in [6.45, 7) is 0. The third-order valence-electron chi connectivity index (χ3n) is 8.65. The fraction of sp³-hybridized carbons (Fsp3) is 0. The molecule has 2 aromatic heterocycles. The Morgan fingerprint density at radius 3 is 2.00 bits per heavy atom. The van der Waals surface area contributed by atoms with E-state index in [0.29, 0.717) is 5.89 Å². The smallest absolute Gasteiger partial charge is 0.227 e. The first-order valence-corrected chi connectivity index (χ1v) is 14.9. The van der Waals surface area contributed by atoms with Crippen LogP contribution in [-0.2, 0) is 0 Å². The minimum absolute atomic E-state index is 0.626. The Labute approximate surface area is 254 Å². The SMILES string of the molecule is c1ccc(-n2c3ccccc3c3cc(-c4ccc(-c5nc6cccc(-c7cccc8ccccc78)c6o5)cc4)ccc32)cc1. The van der Waals surface area contributed by atoms with E-state index < -0.39 is 0 Å². The van der Waals surface area contributed by atoms with E-state index in [9.17, 15) is 0 Å². The zero-order chi connectivity index (χ0) is 29.0. The first-order chi connectivity index (χ1) is 21.8. The zero-order valence-corrected chi connectivity index (χ0v) is 23.8. The predicted molar refractivity (Wildman–Crippen MR) is 182 cm³/mol. The number of nitrogens with zero attached hydrogens (tertiary/aromatic N) is 2. The van der Waals surface area contributed by atoms with Crippen molar-refractivity contribution in [3.63, 3.8) is 0 Å². The summed E-state index contributed by atoms with van der Waals surface area (Å²) in [6, 6.07) is 55.5. The molecule has 0 spiro atoms. The van der Waals surface area contributed by atoms with Gasteiger partial charge < -0.3 is 8.98 Å². The molecule has 0 atom stereocenters. The highest BCUT2D eigenvalue weighted by molar-refractivity contribution is 6.10. The van der Waals surface area contributed by atoms with Crippen molar-refractivity contribution in [3.8, 4) is 39.4 Å². The molecular weight excluding hydrogens is 536 g/mol. The van der Waals surface area contributed by atoms with Crippen molar-refractivity contribution in [1.82, 2.24) is 9.55 Å². The van der Waals surface area contributed by atoms with Gasteiger partial charge in [0.2, 0.25) is 5.89 Å². The molecule has 0 unspecified atom stereocenters. The molecule has 0 bridgehead atoms. The molecule has 0 aliphatic carbocycles. The van der Waals surface area contributed by atoms with Gasteiger partial charge in [-0.05, 0) is 76.0 Å². The quantitative estimate of drug-likeness (QED) is 0.214. The van der Waals surface area contributed by atoms with Crippen molar-refractivity contribution in [1.29, 1.82) is 0 Å². The number of para-hydroxylation sites is 3. The average Bonchev–Trinajstić information content (AvgIpc) is 3.68. The van der Waals surface area contributed by atoms with Gasteiger partial charge in [0.15, 0.2) is 5.58 Å². The lowest BCUT2D eigenvalue weighted by Crippen LogP contribution is -1.92. The predicted octanol–water partition coefficient (Wildman–Crippen LogP) is 11.1. The molecule has 0 radical (unpaired) electrons. The lowest BCUT2D eigenvalue weighted by molar-refractivity contribution is 0.621. The molecule has 9 rings (SSSR count). The summed E-state index contributed by atoms with van der Waals surface area (Å²) in [5, 5.41) is 4.90. The van der Waals surface area contributed by atoms with E-state index >= 15 is 0 Å². The average molecular weight is 563 g/mol. The van der Waals surface area contributed by atoms with Crippen LogP contribution in [0.3, 0.4) is 0 Å². The number of benzene rings is 7. The molecule has 0 aliphatic rings. The summed E-state index contributed by atoms with van der Waals surface area (Å²) in [7, 11) is 0. The molecule has 206 valence electrons. The van der Waals surface area contributed by atoms with E-state index in [4.69, 9.17) is 9.40 Å². The van der Waals surface area contributed by atoms with Gasteiger partial charge in [0.05, 0.1) is 11.0 Å². The first-order valence-electron chi connectivity index (χ1n) is 14.9. The van der Waals surface area contributed by atoms with Gasteiger partial charge in [-0.15, -0.1) is 0 Å². The van der Waals surface area contributed by atoms with Gasteiger partial charge in [-0.25, -0.2) is 4.98 Å². The molecule has 3 heteroatoms. The molecule has 7 aromatic carbocycles. The van der Waals surface area contributed by atoms with E-state index in [1.165, 1.54) is 38.1 Å². The topological polar surface area (TPSA) is 31.0 Å². The standard InChI is InChI=1S/C41H26N2O/c1-2-12-31(13-3-1)43-38-19-7-6-15-34(38)36-26-30(24-25-39(36)43)27-20-22-29(23-21-27)41-42-37-18-9-17-35(40(37)44-41)33-16-8-11-28-10-4-5-14-32(28)33/h1-26H. The lowest BCUT2D eigenvalue weighted by atomic mass is 9.98. The number of aromatic nitrogens is 2. The Kier molecular flexibility index (Phi) is 5.50. The van der Waals surface area contributed by atoms with Crippen LogP contribution in [0, 0.1) is 0 Å². The fourth-order valence-corrected chi connectivity index (χ4v) is 6.56. The van der Waals surface area contributed by atoms with Crippen LogP contribution in [0.25, 0.3) is 83.1 Å². The van der Waals surface area contributed by atoms with E-state index in [1.807, 2.05) is 6.07 Å². The fourth-order valence-electron chi connectivity index (χ4n) is 6.56. The normalized spacial score (nSPS) is 11.6. The Balaban J connectivity index is 1.11. The molecule has 9 aromatic rings. The van der Waals surface area contributed by atoms with Crippen LogP contribution in [0.4, 0.5) is 0 Å². The van der Waals surface area contributed by atoms with E-state index in [0.717, 1.165) is 39.0 Å². The van der Waals surface area contributed by atoms with Crippen LogP contribution in [0.1, 0.15) is 0 Å². The molecule has 3 nitrogen and oxygen atoms in total. The summed E-state index contributed by atoms with van der Waals surface area (Å²) in [5.41, 5.74) is 10.7. The van der Waals surface area contributed by atoms with Gasteiger partial charge in [0.1, 0.15) is 5.52 Å². The maximum atomic E-state index is 6.47. The second kappa shape index (κ2) is 9.82. The molecular formula is C41H26N2O. The van der Waals surface area contributed by atoms with Crippen molar-refractivity contribution in [2.45, 2.75) is 0 Å². The van der Waals surface area contributed by atoms with E-state index in [1.54, 1.807) is 0 Å². The van der Waals surface area contributed by atoms with Crippen molar-refractivity contribution >= 4 is 43.7 Å². The van der Waals surface area contributed by atoms with Crippen molar-refractivity contribution in [2.75, 3.05) is 0 Å². The highest BCUT2D eigenvalue weighted by Gasteiger charge is 2.16. The van der Waals surface area contributed by atoms with Crippen LogP contribution in [0.2, 0.25) is 0 Å². The second-order valence-electron chi connectivity index (χ2n) is 11.2. The van der Waals surface area contributed by atoms with Crippen LogP contribution in [-0.4, -0.2) is 9.55 Å². The molecule has 0 saturated heterocycles. The number of hydrogen-bond acceptors (Lipinski definition) is 2. The summed E-state index contributed by atoms with van der Waals surface area (Å²) in [4.78, 5) is 4.89. The Morgan fingerprint density at radius 1 is 0.455 bits per heavy atom. The van der Waals surface area contributed by atoms with Gasteiger partial charge >= 0.3 is 0 Å². The number of hydrogen-bond donors (Lipinski definition) is 0. The van der Waals surface area contributed by atoms with E-state index in [2.05, 4.69) is 156 Å². The van der Waals surface area contributed by atoms with Gasteiger partial charge in [0, 0.05) is 27.6 Å². The molecule has 0 aliphatic heterocycles. The van der Waals surface area contributed by atoms with Gasteiger partial charge in [-0.2, -0.15) is 0 Å². The van der Waals surface area contributed by atoms with Crippen molar-refractivity contribution < 1.29 is 4.42 Å². The Hall–Kier alpha value is -5.93. The van der Waals surface area contributed by atoms with E-state index in [-0.39, 0.29) is 0 Å².